The molecule has 0 saturated heterocycles. The molecule has 4 nitrogen and oxygen atoms in total. The first-order valence-electron chi connectivity index (χ1n) is 8.60. The molecule has 4 rings (SSSR count). The number of hydrogen-bond donors (Lipinski definition) is 1. The molecule has 0 atom stereocenters. The molecule has 0 fully saturated rings. The Hall–Kier alpha value is -3.18. The molecule has 0 saturated carbocycles. The summed E-state index contributed by atoms with van der Waals surface area (Å²) in [6.07, 6.45) is 3.11. The lowest BCUT2D eigenvalue weighted by Gasteiger charge is -1.96. The Labute approximate surface area is 161 Å². The summed E-state index contributed by atoms with van der Waals surface area (Å²) in [4.78, 5) is 16.7. The van der Waals surface area contributed by atoms with Crippen LogP contribution in [0.15, 0.2) is 65.1 Å². The van der Waals surface area contributed by atoms with Gasteiger partial charge in [0.05, 0.1) is 10.2 Å². The molecule has 0 bridgehead atoms. The maximum atomic E-state index is 12.2. The number of carbonyl (C=O) groups is 1. The van der Waals surface area contributed by atoms with Gasteiger partial charge in [0.15, 0.2) is 5.13 Å². The lowest BCUT2D eigenvalue weighted by molar-refractivity contribution is -0.111. The fraction of sp³-hybridized carbons (Fsp3) is 0.0909. The Morgan fingerprint density at radius 1 is 1.11 bits per heavy atom. The molecule has 0 aliphatic rings. The molecule has 0 unspecified atom stereocenters. The van der Waals surface area contributed by atoms with Crippen molar-refractivity contribution in [2.75, 3.05) is 5.32 Å². The van der Waals surface area contributed by atoms with E-state index in [4.69, 9.17) is 4.42 Å². The van der Waals surface area contributed by atoms with Gasteiger partial charge in [-0.25, -0.2) is 4.98 Å². The molecule has 1 amide bonds. The second-order valence-electron chi connectivity index (χ2n) is 6.34. The van der Waals surface area contributed by atoms with Crippen LogP contribution in [0.4, 0.5) is 5.13 Å². The number of benzene rings is 2. The predicted molar refractivity (Wildman–Crippen MR) is 111 cm³/mol. The number of carbonyl (C=O) groups excluding carboxylic acids is 1. The Bertz CT molecular complexity index is 1140. The van der Waals surface area contributed by atoms with E-state index in [-0.39, 0.29) is 5.91 Å². The van der Waals surface area contributed by atoms with E-state index < -0.39 is 0 Å². The van der Waals surface area contributed by atoms with Crippen molar-refractivity contribution in [1.82, 2.24) is 4.98 Å². The first-order chi connectivity index (χ1) is 13.1. The average molecular weight is 374 g/mol. The van der Waals surface area contributed by atoms with Crippen molar-refractivity contribution in [1.29, 1.82) is 0 Å². The van der Waals surface area contributed by atoms with E-state index in [1.54, 1.807) is 6.08 Å². The Morgan fingerprint density at radius 3 is 2.74 bits per heavy atom. The molecule has 2 heterocycles. The van der Waals surface area contributed by atoms with Gasteiger partial charge >= 0.3 is 0 Å². The molecular formula is C22H18N2O2S. The van der Waals surface area contributed by atoms with Gasteiger partial charge in [-0.1, -0.05) is 47.7 Å². The Balaban J connectivity index is 1.47. The van der Waals surface area contributed by atoms with Crippen LogP contribution in [0.25, 0.3) is 27.6 Å². The van der Waals surface area contributed by atoms with E-state index in [0.29, 0.717) is 10.9 Å². The molecule has 0 aliphatic carbocycles. The molecule has 0 spiro atoms. The third-order valence-electron chi connectivity index (χ3n) is 4.14. The maximum Gasteiger partial charge on any atom is 0.250 e. The van der Waals surface area contributed by atoms with Gasteiger partial charge in [0.2, 0.25) is 5.91 Å². The van der Waals surface area contributed by atoms with Crippen LogP contribution in [0, 0.1) is 13.8 Å². The lowest BCUT2D eigenvalue weighted by Crippen LogP contribution is -2.07. The van der Waals surface area contributed by atoms with Crippen molar-refractivity contribution in [3.8, 4) is 11.3 Å². The molecular weight excluding hydrogens is 356 g/mol. The summed E-state index contributed by atoms with van der Waals surface area (Å²) < 4.78 is 6.84. The van der Waals surface area contributed by atoms with Crippen LogP contribution in [0.3, 0.4) is 0 Å². The number of amides is 1. The van der Waals surface area contributed by atoms with Crippen LogP contribution in [-0.4, -0.2) is 10.9 Å². The van der Waals surface area contributed by atoms with E-state index in [0.717, 1.165) is 27.1 Å². The first kappa shape index (κ1) is 17.2. The SMILES string of the molecule is Cc1cc(C)c2nc(NC(=O)/C=C/c3ccc(-c4ccccc4)o3)sc2c1. The standard InChI is InChI=1S/C22H18N2O2S/c1-14-12-15(2)21-19(13-14)27-22(24-21)23-20(25)11-9-17-8-10-18(26-17)16-6-4-3-5-7-16/h3-13H,1-2H3,(H,23,24,25)/b11-9+. The van der Waals surface area contributed by atoms with Crippen molar-refractivity contribution < 1.29 is 9.21 Å². The Morgan fingerprint density at radius 2 is 1.93 bits per heavy atom. The minimum Gasteiger partial charge on any atom is -0.457 e. The minimum absolute atomic E-state index is 0.235. The van der Waals surface area contributed by atoms with Crippen molar-refractivity contribution in [2.45, 2.75) is 13.8 Å². The van der Waals surface area contributed by atoms with Gasteiger partial charge in [-0.15, -0.1) is 0 Å². The van der Waals surface area contributed by atoms with Crippen LogP contribution in [0.1, 0.15) is 16.9 Å². The number of thiazole rings is 1. The lowest BCUT2D eigenvalue weighted by atomic mass is 10.1. The van der Waals surface area contributed by atoms with Crippen molar-refractivity contribution in [2.24, 2.45) is 0 Å². The fourth-order valence-corrected chi connectivity index (χ4v) is 3.97. The number of aryl methyl sites for hydroxylation is 2. The largest absolute Gasteiger partial charge is 0.457 e. The van der Waals surface area contributed by atoms with Gasteiger partial charge in [0.1, 0.15) is 11.5 Å². The minimum atomic E-state index is -0.235. The zero-order valence-corrected chi connectivity index (χ0v) is 15.8. The van der Waals surface area contributed by atoms with Crippen LogP contribution < -0.4 is 5.32 Å². The maximum absolute atomic E-state index is 12.2. The quantitative estimate of drug-likeness (QED) is 0.458. The van der Waals surface area contributed by atoms with Crippen LogP contribution in [0.5, 0.6) is 0 Å². The number of aromatic nitrogens is 1. The average Bonchev–Trinajstić information content (AvgIpc) is 3.27. The van der Waals surface area contributed by atoms with E-state index in [9.17, 15) is 4.79 Å². The first-order valence-corrected chi connectivity index (χ1v) is 9.42. The second-order valence-corrected chi connectivity index (χ2v) is 7.37. The molecule has 1 N–H and O–H groups in total. The van der Waals surface area contributed by atoms with E-state index in [1.165, 1.54) is 23.0 Å². The summed E-state index contributed by atoms with van der Waals surface area (Å²) in [5.74, 6) is 1.16. The topological polar surface area (TPSA) is 55.1 Å². The molecule has 0 radical (unpaired) electrons. The summed E-state index contributed by atoms with van der Waals surface area (Å²) in [7, 11) is 0. The van der Waals surface area contributed by atoms with E-state index >= 15 is 0 Å². The highest BCUT2D eigenvalue weighted by molar-refractivity contribution is 7.22. The zero-order valence-electron chi connectivity index (χ0n) is 15.0. The summed E-state index contributed by atoms with van der Waals surface area (Å²) in [6.45, 7) is 4.09. The summed E-state index contributed by atoms with van der Waals surface area (Å²) in [6, 6.07) is 17.8. The number of fused-ring (bicyclic) bond motifs is 1. The summed E-state index contributed by atoms with van der Waals surface area (Å²) >= 11 is 1.48. The molecule has 2 aromatic heterocycles. The van der Waals surface area contributed by atoms with Crippen molar-refractivity contribution in [3.05, 3.63) is 77.6 Å². The highest BCUT2D eigenvalue weighted by Crippen LogP contribution is 2.29. The van der Waals surface area contributed by atoms with E-state index in [2.05, 4.69) is 29.4 Å². The molecule has 2 aromatic carbocycles. The van der Waals surface area contributed by atoms with Crippen LogP contribution >= 0.6 is 11.3 Å². The number of nitrogens with one attached hydrogen (secondary N) is 1. The molecule has 5 heteroatoms. The van der Waals surface area contributed by atoms with Gasteiger partial charge in [-0.3, -0.25) is 10.1 Å². The highest BCUT2D eigenvalue weighted by atomic mass is 32.1. The normalized spacial score (nSPS) is 11.3. The van der Waals surface area contributed by atoms with Gasteiger partial charge in [-0.05, 0) is 49.2 Å². The second kappa shape index (κ2) is 7.21. The number of rotatable bonds is 4. The Kier molecular flexibility index (Phi) is 4.60. The molecule has 134 valence electrons. The number of anilines is 1. The molecule has 0 aliphatic heterocycles. The van der Waals surface area contributed by atoms with Gasteiger partial charge in [0, 0.05) is 11.6 Å². The fourth-order valence-electron chi connectivity index (χ4n) is 2.93. The third-order valence-corrected chi connectivity index (χ3v) is 5.06. The van der Waals surface area contributed by atoms with Crippen molar-refractivity contribution >= 4 is 38.7 Å². The zero-order chi connectivity index (χ0) is 18.8. The summed E-state index contributed by atoms with van der Waals surface area (Å²) in [5.41, 5.74) is 4.24. The summed E-state index contributed by atoms with van der Waals surface area (Å²) in [5, 5.41) is 3.42. The number of nitrogens with zero attached hydrogens (tertiary/aromatic N) is 1. The van der Waals surface area contributed by atoms with Crippen molar-refractivity contribution in [3.63, 3.8) is 0 Å². The smallest absolute Gasteiger partial charge is 0.250 e. The monoisotopic (exact) mass is 374 g/mol. The predicted octanol–water partition coefficient (Wildman–Crippen LogP) is 5.83. The van der Waals surface area contributed by atoms with Gasteiger partial charge in [-0.2, -0.15) is 0 Å². The van der Waals surface area contributed by atoms with Crippen LogP contribution in [-0.2, 0) is 4.79 Å². The third kappa shape index (κ3) is 3.83. The number of hydrogen-bond acceptors (Lipinski definition) is 4. The molecule has 4 aromatic rings. The number of furan rings is 1. The van der Waals surface area contributed by atoms with Gasteiger partial charge in [0.25, 0.3) is 0 Å². The van der Waals surface area contributed by atoms with Crippen LogP contribution in [0.2, 0.25) is 0 Å². The van der Waals surface area contributed by atoms with Gasteiger partial charge < -0.3 is 4.42 Å². The van der Waals surface area contributed by atoms with E-state index in [1.807, 2.05) is 49.4 Å². The molecule has 27 heavy (non-hydrogen) atoms. The highest BCUT2D eigenvalue weighted by Gasteiger charge is 2.09.